The van der Waals surface area contributed by atoms with Crippen molar-refractivity contribution in [3.05, 3.63) is 0 Å². The van der Waals surface area contributed by atoms with E-state index in [9.17, 15) is 0 Å². The van der Waals surface area contributed by atoms with E-state index in [1.54, 1.807) is 0 Å². The zero-order chi connectivity index (χ0) is 14.1. The number of unbranched alkanes of at least 4 members (excludes halogenated alkanes) is 1. The Hall–Kier alpha value is -0.120. The molecule has 1 rings (SSSR count). The lowest BCUT2D eigenvalue weighted by Gasteiger charge is -2.35. The Kier molecular flexibility index (Phi) is 8.67. The van der Waals surface area contributed by atoms with Gasteiger partial charge in [-0.05, 0) is 72.0 Å². The van der Waals surface area contributed by atoms with Gasteiger partial charge in [-0.15, -0.1) is 0 Å². The van der Waals surface area contributed by atoms with Crippen LogP contribution in [0.15, 0.2) is 0 Å². The highest BCUT2D eigenvalue weighted by molar-refractivity contribution is 4.79. The summed E-state index contributed by atoms with van der Waals surface area (Å²) in [6.07, 6.45) is 5.52. The maximum absolute atomic E-state index is 5.56. The number of nitrogens with one attached hydrogen (secondary N) is 1. The van der Waals surface area contributed by atoms with Gasteiger partial charge < -0.3 is 15.0 Å². The van der Waals surface area contributed by atoms with Gasteiger partial charge in [0, 0.05) is 19.2 Å². The van der Waals surface area contributed by atoms with Crippen LogP contribution in [0.2, 0.25) is 0 Å². The van der Waals surface area contributed by atoms with Crippen molar-refractivity contribution in [2.45, 2.75) is 65.5 Å². The fourth-order valence-corrected chi connectivity index (χ4v) is 2.83. The Morgan fingerprint density at radius 2 is 2.05 bits per heavy atom. The van der Waals surface area contributed by atoms with Gasteiger partial charge in [-0.1, -0.05) is 6.92 Å². The molecule has 0 aromatic rings. The first kappa shape index (κ1) is 16.9. The minimum Gasteiger partial charge on any atom is -0.379 e. The van der Waals surface area contributed by atoms with Gasteiger partial charge in [0.15, 0.2) is 0 Å². The molecule has 1 saturated heterocycles. The number of hydrogen-bond donors (Lipinski definition) is 1. The summed E-state index contributed by atoms with van der Waals surface area (Å²) in [7, 11) is 0. The molecule has 2 unspecified atom stereocenters. The van der Waals surface area contributed by atoms with Gasteiger partial charge in [-0.2, -0.15) is 0 Å². The Balaban J connectivity index is 2.05. The molecule has 0 aromatic heterocycles. The average Bonchev–Trinajstić information content (AvgIpc) is 2.42. The van der Waals surface area contributed by atoms with Crippen molar-refractivity contribution in [3.8, 4) is 0 Å². The van der Waals surface area contributed by atoms with Gasteiger partial charge in [0.2, 0.25) is 0 Å². The topological polar surface area (TPSA) is 24.5 Å². The predicted octanol–water partition coefficient (Wildman–Crippen LogP) is 2.90. The number of ether oxygens (including phenoxy) is 1. The van der Waals surface area contributed by atoms with Crippen molar-refractivity contribution in [1.82, 2.24) is 10.2 Å². The van der Waals surface area contributed by atoms with Crippen LogP contribution in [0, 0.1) is 5.92 Å². The summed E-state index contributed by atoms with van der Waals surface area (Å²) in [5.41, 5.74) is 0. The Bertz CT molecular complexity index is 221. The van der Waals surface area contributed by atoms with Crippen molar-refractivity contribution in [3.63, 3.8) is 0 Å². The van der Waals surface area contributed by atoms with Crippen molar-refractivity contribution in [2.24, 2.45) is 5.92 Å². The third-order valence-electron chi connectivity index (χ3n) is 4.18. The van der Waals surface area contributed by atoms with E-state index in [2.05, 4.69) is 37.9 Å². The summed E-state index contributed by atoms with van der Waals surface area (Å²) in [4.78, 5) is 2.59. The Morgan fingerprint density at radius 1 is 1.26 bits per heavy atom. The number of piperidine rings is 1. The molecule has 0 aromatic carbocycles. The van der Waals surface area contributed by atoms with Crippen LogP contribution in [0.5, 0.6) is 0 Å². The number of hydrogen-bond acceptors (Lipinski definition) is 3. The third-order valence-corrected chi connectivity index (χ3v) is 4.18. The molecule has 0 bridgehead atoms. The van der Waals surface area contributed by atoms with E-state index < -0.39 is 0 Å². The molecule has 1 aliphatic rings. The summed E-state index contributed by atoms with van der Waals surface area (Å²) >= 11 is 0. The van der Waals surface area contributed by atoms with E-state index in [0.29, 0.717) is 12.1 Å². The van der Waals surface area contributed by atoms with E-state index >= 15 is 0 Å². The smallest absolute Gasteiger partial charge is 0.0518 e. The fourth-order valence-electron chi connectivity index (χ4n) is 2.83. The predicted molar refractivity (Wildman–Crippen MR) is 82.6 cm³/mol. The molecule has 3 nitrogen and oxygen atoms in total. The van der Waals surface area contributed by atoms with Crippen molar-refractivity contribution in [1.29, 1.82) is 0 Å². The summed E-state index contributed by atoms with van der Waals surface area (Å²) in [6.45, 7) is 14.6. The van der Waals surface area contributed by atoms with Crippen LogP contribution in [-0.4, -0.2) is 49.8 Å². The van der Waals surface area contributed by atoms with E-state index in [0.717, 1.165) is 19.1 Å². The van der Waals surface area contributed by atoms with Crippen LogP contribution in [0.25, 0.3) is 0 Å². The molecule has 0 spiro atoms. The van der Waals surface area contributed by atoms with Gasteiger partial charge in [0.05, 0.1) is 6.10 Å². The summed E-state index contributed by atoms with van der Waals surface area (Å²) < 4.78 is 5.56. The molecule has 114 valence electrons. The molecular weight excluding hydrogens is 236 g/mol. The number of nitrogens with zero attached hydrogens (tertiary/aromatic N) is 1. The minimum absolute atomic E-state index is 0.370. The van der Waals surface area contributed by atoms with Gasteiger partial charge >= 0.3 is 0 Å². The molecule has 1 fully saturated rings. The molecule has 0 radical (unpaired) electrons. The van der Waals surface area contributed by atoms with Crippen LogP contribution >= 0.6 is 0 Å². The lowest BCUT2D eigenvalue weighted by Crippen LogP contribution is -2.44. The maximum Gasteiger partial charge on any atom is 0.0518 e. The highest BCUT2D eigenvalue weighted by atomic mass is 16.5. The molecule has 3 heteroatoms. The first-order valence-corrected chi connectivity index (χ1v) is 8.20. The van der Waals surface area contributed by atoms with Crippen molar-refractivity contribution in [2.75, 3.05) is 32.8 Å². The average molecular weight is 270 g/mol. The molecule has 0 aliphatic carbocycles. The highest BCUT2D eigenvalue weighted by Gasteiger charge is 2.23. The molecule has 1 N–H and O–H groups in total. The molecule has 1 heterocycles. The molecule has 1 aliphatic heterocycles. The maximum atomic E-state index is 5.56. The first-order chi connectivity index (χ1) is 9.13. The van der Waals surface area contributed by atoms with Crippen LogP contribution < -0.4 is 5.32 Å². The largest absolute Gasteiger partial charge is 0.379 e. The highest BCUT2D eigenvalue weighted by Crippen LogP contribution is 2.19. The van der Waals surface area contributed by atoms with Crippen LogP contribution in [0.3, 0.4) is 0 Å². The molecule has 0 saturated carbocycles. The quantitative estimate of drug-likeness (QED) is 0.652. The Labute approximate surface area is 120 Å². The number of rotatable bonds is 9. The van der Waals surface area contributed by atoms with E-state index in [4.69, 9.17) is 4.74 Å². The lowest BCUT2D eigenvalue weighted by molar-refractivity contribution is 0.0757. The summed E-state index contributed by atoms with van der Waals surface area (Å²) in [6, 6.07) is 0.653. The fraction of sp³-hybridized carbons (Fsp3) is 1.00. The molecule has 0 amide bonds. The molecular formula is C16H34N2O. The monoisotopic (exact) mass is 270 g/mol. The number of likely N-dealkylation sites (tertiary alicyclic amines) is 1. The van der Waals surface area contributed by atoms with Crippen LogP contribution in [0.1, 0.15) is 53.4 Å². The van der Waals surface area contributed by atoms with E-state index in [1.807, 2.05) is 0 Å². The Morgan fingerprint density at radius 3 is 2.74 bits per heavy atom. The summed E-state index contributed by atoms with van der Waals surface area (Å²) in [5.74, 6) is 0.834. The lowest BCUT2D eigenvalue weighted by atomic mass is 9.91. The van der Waals surface area contributed by atoms with Gasteiger partial charge in [-0.25, -0.2) is 0 Å². The van der Waals surface area contributed by atoms with Gasteiger partial charge in [-0.3, -0.25) is 0 Å². The van der Waals surface area contributed by atoms with Crippen LogP contribution in [0.4, 0.5) is 0 Å². The second-order valence-corrected chi connectivity index (χ2v) is 6.16. The SMILES string of the molecule is CCN1CCCC(C(C)NCCCCOC(C)C)C1. The van der Waals surface area contributed by atoms with Crippen molar-refractivity contribution < 1.29 is 4.74 Å². The van der Waals surface area contributed by atoms with E-state index in [1.165, 1.54) is 45.3 Å². The van der Waals surface area contributed by atoms with Crippen LogP contribution in [-0.2, 0) is 4.74 Å². The standard InChI is InChI=1S/C16H34N2O/c1-5-18-11-8-9-16(13-18)15(4)17-10-6-7-12-19-14(2)3/h14-17H,5-13H2,1-4H3. The molecule has 2 atom stereocenters. The minimum atomic E-state index is 0.370. The van der Waals surface area contributed by atoms with E-state index in [-0.39, 0.29) is 0 Å². The normalized spacial score (nSPS) is 22.9. The second-order valence-electron chi connectivity index (χ2n) is 6.16. The van der Waals surface area contributed by atoms with Gasteiger partial charge in [0.25, 0.3) is 0 Å². The van der Waals surface area contributed by atoms with Crippen molar-refractivity contribution >= 4 is 0 Å². The summed E-state index contributed by atoms with van der Waals surface area (Å²) in [5, 5.41) is 3.70. The third kappa shape index (κ3) is 7.28. The zero-order valence-electron chi connectivity index (χ0n) is 13.5. The molecule has 19 heavy (non-hydrogen) atoms. The zero-order valence-corrected chi connectivity index (χ0v) is 13.5. The second kappa shape index (κ2) is 9.73. The van der Waals surface area contributed by atoms with Gasteiger partial charge in [0.1, 0.15) is 0 Å². The first-order valence-electron chi connectivity index (χ1n) is 8.20.